The molecule has 2 aromatic carbocycles. The number of aromatic amines is 1. The maximum absolute atomic E-state index is 13.2. The minimum absolute atomic E-state index is 0.159. The predicted octanol–water partition coefficient (Wildman–Crippen LogP) is 3.35. The zero-order valence-electron chi connectivity index (χ0n) is 15.9. The Morgan fingerprint density at radius 3 is 2.75 bits per heavy atom. The molecule has 0 aliphatic carbocycles. The minimum Gasteiger partial charge on any atom is -0.489 e. The number of H-pyrrole nitrogens is 1. The lowest BCUT2D eigenvalue weighted by Gasteiger charge is -2.17. The smallest absolute Gasteiger partial charge is 0.191 e. The van der Waals surface area contributed by atoms with E-state index < -0.39 is 0 Å². The first-order valence-electron chi connectivity index (χ1n) is 9.10. The van der Waals surface area contributed by atoms with Crippen LogP contribution in [0.25, 0.3) is 11.3 Å². The van der Waals surface area contributed by atoms with Gasteiger partial charge in [-0.25, -0.2) is 9.37 Å². The maximum Gasteiger partial charge on any atom is 0.191 e. The summed E-state index contributed by atoms with van der Waals surface area (Å²) in [5.74, 6) is 1.63. The first-order valence-corrected chi connectivity index (χ1v) is 9.10. The molecule has 1 atom stereocenters. The number of aliphatic imine (C=N–C) groups is 1. The Balaban J connectivity index is 1.46. The van der Waals surface area contributed by atoms with Crippen molar-refractivity contribution in [3.8, 4) is 17.0 Å². The van der Waals surface area contributed by atoms with Crippen molar-refractivity contribution < 1.29 is 9.13 Å². The molecule has 0 aliphatic heterocycles. The van der Waals surface area contributed by atoms with E-state index in [2.05, 4.69) is 25.6 Å². The quantitative estimate of drug-likeness (QED) is 0.433. The standard InChI is InChI=1S/C21H24FN5O/c1-15(28-18-10-6-9-17(22)11-18)12-25-21(23-2)26-14-20-24-13-19(27-20)16-7-4-3-5-8-16/h3-11,13,15H,12,14H2,1-2H3,(H,24,27)(H2,23,25,26). The van der Waals surface area contributed by atoms with Gasteiger partial charge in [-0.05, 0) is 24.6 Å². The molecular formula is C21H24FN5O. The molecule has 1 heterocycles. The average Bonchev–Trinajstić information content (AvgIpc) is 3.18. The van der Waals surface area contributed by atoms with Gasteiger partial charge >= 0.3 is 0 Å². The maximum atomic E-state index is 13.2. The summed E-state index contributed by atoms with van der Waals surface area (Å²) in [4.78, 5) is 11.9. The number of rotatable bonds is 7. The summed E-state index contributed by atoms with van der Waals surface area (Å²) in [6.07, 6.45) is 1.66. The van der Waals surface area contributed by atoms with E-state index in [1.165, 1.54) is 12.1 Å². The second-order valence-corrected chi connectivity index (χ2v) is 6.30. The molecule has 0 fully saturated rings. The van der Waals surface area contributed by atoms with Gasteiger partial charge in [-0.2, -0.15) is 0 Å². The van der Waals surface area contributed by atoms with Gasteiger partial charge in [-0.3, -0.25) is 4.99 Å². The molecule has 3 aromatic rings. The molecule has 1 unspecified atom stereocenters. The fourth-order valence-corrected chi connectivity index (χ4v) is 2.66. The molecule has 0 saturated heterocycles. The Kier molecular flexibility index (Phi) is 6.62. The molecule has 0 aliphatic rings. The van der Waals surface area contributed by atoms with E-state index in [1.54, 1.807) is 19.2 Å². The Morgan fingerprint density at radius 2 is 2.00 bits per heavy atom. The lowest BCUT2D eigenvalue weighted by Crippen LogP contribution is -2.41. The van der Waals surface area contributed by atoms with Gasteiger partial charge in [0.05, 0.1) is 25.0 Å². The molecular weight excluding hydrogens is 357 g/mol. The summed E-state index contributed by atoms with van der Waals surface area (Å²) in [6.45, 7) is 2.93. The number of hydrogen-bond acceptors (Lipinski definition) is 3. The van der Waals surface area contributed by atoms with Crippen LogP contribution in [0.2, 0.25) is 0 Å². The van der Waals surface area contributed by atoms with Crippen LogP contribution in [0, 0.1) is 5.82 Å². The molecule has 0 amide bonds. The summed E-state index contributed by atoms with van der Waals surface area (Å²) in [6, 6.07) is 16.1. The van der Waals surface area contributed by atoms with Crippen LogP contribution in [0.3, 0.4) is 0 Å². The number of benzene rings is 2. The van der Waals surface area contributed by atoms with Crippen LogP contribution in [0.4, 0.5) is 4.39 Å². The van der Waals surface area contributed by atoms with Crippen molar-refractivity contribution in [2.45, 2.75) is 19.6 Å². The number of nitrogens with zero attached hydrogens (tertiary/aromatic N) is 2. The van der Waals surface area contributed by atoms with Gasteiger partial charge in [0.25, 0.3) is 0 Å². The second-order valence-electron chi connectivity index (χ2n) is 6.30. The fraction of sp³-hybridized carbons (Fsp3) is 0.238. The van der Waals surface area contributed by atoms with Crippen molar-refractivity contribution in [1.29, 1.82) is 0 Å². The van der Waals surface area contributed by atoms with Crippen molar-refractivity contribution >= 4 is 5.96 Å². The number of guanidine groups is 1. The van der Waals surface area contributed by atoms with Gasteiger partial charge in [0.2, 0.25) is 0 Å². The van der Waals surface area contributed by atoms with Gasteiger partial charge in [0, 0.05) is 13.1 Å². The third kappa shape index (κ3) is 5.57. The van der Waals surface area contributed by atoms with Crippen molar-refractivity contribution in [2.75, 3.05) is 13.6 Å². The van der Waals surface area contributed by atoms with Crippen LogP contribution in [0.1, 0.15) is 12.7 Å². The van der Waals surface area contributed by atoms with Crippen molar-refractivity contribution in [3.05, 3.63) is 72.4 Å². The van der Waals surface area contributed by atoms with Gasteiger partial charge in [-0.1, -0.05) is 36.4 Å². The molecule has 6 nitrogen and oxygen atoms in total. The highest BCUT2D eigenvalue weighted by molar-refractivity contribution is 5.79. The molecule has 3 N–H and O–H groups in total. The third-order valence-corrected chi connectivity index (χ3v) is 4.05. The summed E-state index contributed by atoms with van der Waals surface area (Å²) in [5.41, 5.74) is 2.06. The molecule has 146 valence electrons. The largest absolute Gasteiger partial charge is 0.489 e. The van der Waals surface area contributed by atoms with Crippen molar-refractivity contribution in [3.63, 3.8) is 0 Å². The number of nitrogens with one attached hydrogen (secondary N) is 3. The van der Waals surface area contributed by atoms with E-state index in [4.69, 9.17) is 4.74 Å². The molecule has 7 heteroatoms. The lowest BCUT2D eigenvalue weighted by molar-refractivity contribution is 0.223. The van der Waals surface area contributed by atoms with Crippen LogP contribution < -0.4 is 15.4 Å². The van der Waals surface area contributed by atoms with Gasteiger partial charge < -0.3 is 20.4 Å². The molecule has 0 bridgehead atoms. The van der Waals surface area contributed by atoms with Gasteiger partial charge in [-0.15, -0.1) is 0 Å². The lowest BCUT2D eigenvalue weighted by atomic mass is 10.2. The predicted molar refractivity (Wildman–Crippen MR) is 109 cm³/mol. The Bertz CT molecular complexity index is 910. The van der Waals surface area contributed by atoms with E-state index in [0.717, 1.165) is 17.1 Å². The summed E-state index contributed by atoms with van der Waals surface area (Å²) < 4.78 is 18.9. The van der Waals surface area contributed by atoms with Crippen molar-refractivity contribution in [2.24, 2.45) is 4.99 Å². The third-order valence-electron chi connectivity index (χ3n) is 4.05. The van der Waals surface area contributed by atoms with Crippen LogP contribution in [-0.4, -0.2) is 35.6 Å². The Hall–Kier alpha value is -3.35. The van der Waals surface area contributed by atoms with Crippen LogP contribution in [-0.2, 0) is 6.54 Å². The van der Waals surface area contributed by atoms with E-state index in [1.807, 2.05) is 43.5 Å². The molecule has 0 saturated carbocycles. The average molecular weight is 381 g/mol. The monoisotopic (exact) mass is 381 g/mol. The molecule has 28 heavy (non-hydrogen) atoms. The first kappa shape index (κ1) is 19.4. The normalized spacial score (nSPS) is 12.5. The van der Waals surface area contributed by atoms with E-state index in [9.17, 15) is 4.39 Å². The number of imidazole rings is 1. The molecule has 0 radical (unpaired) electrons. The van der Waals surface area contributed by atoms with E-state index in [0.29, 0.717) is 24.8 Å². The Labute approximate surface area is 163 Å². The highest BCUT2D eigenvalue weighted by atomic mass is 19.1. The first-order chi connectivity index (χ1) is 13.6. The number of halogens is 1. The SMILES string of the molecule is CN=C(NCc1ncc(-c2ccccc2)[nH]1)NCC(C)Oc1cccc(F)c1. The van der Waals surface area contributed by atoms with Crippen LogP contribution in [0.5, 0.6) is 5.75 Å². The number of aromatic nitrogens is 2. The summed E-state index contributed by atoms with van der Waals surface area (Å²) >= 11 is 0. The zero-order valence-corrected chi connectivity index (χ0v) is 15.9. The summed E-state index contributed by atoms with van der Waals surface area (Å²) in [7, 11) is 1.70. The van der Waals surface area contributed by atoms with Crippen molar-refractivity contribution in [1.82, 2.24) is 20.6 Å². The molecule has 0 spiro atoms. The minimum atomic E-state index is -0.316. The number of ether oxygens (including phenoxy) is 1. The summed E-state index contributed by atoms with van der Waals surface area (Å²) in [5, 5.41) is 6.40. The van der Waals surface area contributed by atoms with Gasteiger partial charge in [0.1, 0.15) is 23.5 Å². The van der Waals surface area contributed by atoms with Crippen LogP contribution >= 0.6 is 0 Å². The highest BCUT2D eigenvalue weighted by Crippen LogP contribution is 2.16. The second kappa shape index (κ2) is 9.55. The molecule has 3 rings (SSSR count). The Morgan fingerprint density at radius 1 is 1.18 bits per heavy atom. The van der Waals surface area contributed by atoms with Gasteiger partial charge in [0.15, 0.2) is 5.96 Å². The highest BCUT2D eigenvalue weighted by Gasteiger charge is 2.08. The molecule has 1 aromatic heterocycles. The number of hydrogen-bond donors (Lipinski definition) is 3. The topological polar surface area (TPSA) is 74.3 Å². The van der Waals surface area contributed by atoms with E-state index >= 15 is 0 Å². The van der Waals surface area contributed by atoms with Crippen LogP contribution in [0.15, 0.2) is 65.8 Å². The fourth-order valence-electron chi connectivity index (χ4n) is 2.66. The zero-order chi connectivity index (χ0) is 19.8. The van der Waals surface area contributed by atoms with E-state index in [-0.39, 0.29) is 11.9 Å².